The van der Waals surface area contributed by atoms with Gasteiger partial charge in [0.15, 0.2) is 0 Å². The lowest BCUT2D eigenvalue weighted by molar-refractivity contribution is 0.0936. The molecule has 1 N–H and O–H groups in total. The van der Waals surface area contributed by atoms with Crippen LogP contribution in [0.2, 0.25) is 10.0 Å². The first kappa shape index (κ1) is 18.1. The fourth-order valence-corrected chi connectivity index (χ4v) is 4.17. The molecule has 3 aromatic rings. The summed E-state index contributed by atoms with van der Waals surface area (Å²) in [5.74, 6) is 0.296. The molecule has 1 amide bonds. The Morgan fingerprint density at radius 1 is 0.889 bits per heavy atom. The first-order chi connectivity index (χ1) is 13.1. The second kappa shape index (κ2) is 7.75. The lowest BCUT2D eigenvalue weighted by Crippen LogP contribution is -2.27. The largest absolute Gasteiger partial charge is 0.345 e. The highest BCUT2D eigenvalue weighted by Gasteiger charge is 2.31. The molecular weight excluding hydrogens is 377 g/mol. The molecule has 1 aliphatic rings. The van der Waals surface area contributed by atoms with E-state index in [1.165, 1.54) is 11.1 Å². The van der Waals surface area contributed by atoms with Crippen LogP contribution >= 0.6 is 23.2 Å². The lowest BCUT2D eigenvalue weighted by Gasteiger charge is -2.15. The highest BCUT2D eigenvalue weighted by atomic mass is 35.5. The standard InChI is InChI=1S/C23H19Cl2NO/c24-20-11-10-15(13-21(20)25)12-17-14-22(19-9-5-4-8-18(17)19)26-23(27)16-6-2-1-3-7-16/h1-11,13,17,22H,12,14H2,(H,26,27)/t17-,22-/m1/s1. The van der Waals surface area contributed by atoms with Gasteiger partial charge in [-0.3, -0.25) is 4.79 Å². The number of rotatable bonds is 4. The predicted octanol–water partition coefficient (Wildman–Crippen LogP) is 6.19. The Morgan fingerprint density at radius 3 is 2.33 bits per heavy atom. The van der Waals surface area contributed by atoms with Crippen LogP contribution in [0.4, 0.5) is 0 Å². The molecule has 0 saturated heterocycles. The van der Waals surface area contributed by atoms with Crippen molar-refractivity contribution >= 4 is 29.1 Å². The van der Waals surface area contributed by atoms with Gasteiger partial charge in [-0.2, -0.15) is 0 Å². The Bertz CT molecular complexity index is 971. The summed E-state index contributed by atoms with van der Waals surface area (Å²) in [5.41, 5.74) is 4.33. The molecule has 0 heterocycles. The summed E-state index contributed by atoms with van der Waals surface area (Å²) in [6.07, 6.45) is 1.74. The number of halogens is 2. The van der Waals surface area contributed by atoms with Crippen molar-refractivity contribution in [1.82, 2.24) is 5.32 Å². The molecule has 0 aromatic heterocycles. The van der Waals surface area contributed by atoms with Crippen molar-refractivity contribution in [2.75, 3.05) is 0 Å². The van der Waals surface area contributed by atoms with Gasteiger partial charge in [-0.05, 0) is 59.7 Å². The Morgan fingerprint density at radius 2 is 1.59 bits per heavy atom. The van der Waals surface area contributed by atoms with E-state index in [9.17, 15) is 4.79 Å². The van der Waals surface area contributed by atoms with Gasteiger partial charge in [-0.25, -0.2) is 0 Å². The maximum absolute atomic E-state index is 12.6. The quantitative estimate of drug-likeness (QED) is 0.559. The molecule has 136 valence electrons. The highest BCUT2D eigenvalue weighted by Crippen LogP contribution is 2.42. The van der Waals surface area contributed by atoms with E-state index in [0.29, 0.717) is 21.5 Å². The van der Waals surface area contributed by atoms with E-state index < -0.39 is 0 Å². The highest BCUT2D eigenvalue weighted by molar-refractivity contribution is 6.42. The second-order valence-electron chi connectivity index (χ2n) is 6.91. The number of benzene rings is 3. The molecule has 1 aliphatic carbocycles. The fraction of sp³-hybridized carbons (Fsp3) is 0.174. The normalized spacial score (nSPS) is 18.1. The summed E-state index contributed by atoms with van der Waals surface area (Å²) in [6.45, 7) is 0. The van der Waals surface area contributed by atoms with Gasteiger partial charge in [0.05, 0.1) is 16.1 Å². The number of hydrogen-bond donors (Lipinski definition) is 1. The van der Waals surface area contributed by atoms with Crippen LogP contribution in [0.3, 0.4) is 0 Å². The van der Waals surface area contributed by atoms with Gasteiger partial charge in [0.1, 0.15) is 0 Å². The molecule has 0 spiro atoms. The van der Waals surface area contributed by atoms with E-state index in [2.05, 4.69) is 23.5 Å². The molecule has 4 heteroatoms. The van der Waals surface area contributed by atoms with Crippen LogP contribution in [0, 0.1) is 0 Å². The van der Waals surface area contributed by atoms with Gasteiger partial charge in [-0.1, -0.05) is 71.7 Å². The number of nitrogens with one attached hydrogen (secondary N) is 1. The maximum Gasteiger partial charge on any atom is 0.251 e. The molecule has 3 aromatic carbocycles. The van der Waals surface area contributed by atoms with E-state index in [1.54, 1.807) is 0 Å². The van der Waals surface area contributed by atoms with E-state index in [4.69, 9.17) is 23.2 Å². The topological polar surface area (TPSA) is 29.1 Å². The summed E-state index contributed by atoms with van der Waals surface area (Å²) in [6, 6.07) is 23.5. The van der Waals surface area contributed by atoms with Crippen molar-refractivity contribution in [2.45, 2.75) is 24.8 Å². The third-order valence-corrected chi connectivity index (χ3v) is 5.88. The van der Waals surface area contributed by atoms with Crippen LogP contribution < -0.4 is 5.32 Å². The van der Waals surface area contributed by atoms with Crippen LogP contribution in [-0.4, -0.2) is 5.91 Å². The van der Waals surface area contributed by atoms with Crippen LogP contribution in [0.15, 0.2) is 72.8 Å². The first-order valence-corrected chi connectivity index (χ1v) is 9.76. The minimum atomic E-state index is -0.0365. The van der Waals surface area contributed by atoms with E-state index in [-0.39, 0.29) is 11.9 Å². The molecule has 0 saturated carbocycles. The van der Waals surface area contributed by atoms with Gasteiger partial charge >= 0.3 is 0 Å². The third kappa shape index (κ3) is 3.87. The zero-order valence-electron chi connectivity index (χ0n) is 14.7. The van der Waals surface area contributed by atoms with Crippen molar-refractivity contribution < 1.29 is 4.79 Å². The maximum atomic E-state index is 12.6. The number of hydrogen-bond acceptors (Lipinski definition) is 1. The molecule has 0 fully saturated rings. The summed E-state index contributed by atoms with van der Waals surface area (Å²) >= 11 is 12.2. The molecule has 0 radical (unpaired) electrons. The average Bonchev–Trinajstić information content (AvgIpc) is 3.03. The minimum Gasteiger partial charge on any atom is -0.345 e. The molecule has 2 atom stereocenters. The minimum absolute atomic E-state index is 0.0154. The monoisotopic (exact) mass is 395 g/mol. The van der Waals surface area contributed by atoms with Gasteiger partial charge in [0.2, 0.25) is 0 Å². The predicted molar refractivity (Wildman–Crippen MR) is 111 cm³/mol. The fourth-order valence-electron chi connectivity index (χ4n) is 3.85. The average molecular weight is 396 g/mol. The number of amides is 1. The summed E-state index contributed by atoms with van der Waals surface area (Å²) in [7, 11) is 0. The Kier molecular flexibility index (Phi) is 5.20. The van der Waals surface area contributed by atoms with Crippen molar-refractivity contribution in [1.29, 1.82) is 0 Å². The smallest absolute Gasteiger partial charge is 0.251 e. The van der Waals surface area contributed by atoms with Crippen LogP contribution in [0.25, 0.3) is 0 Å². The van der Waals surface area contributed by atoms with Crippen molar-refractivity contribution in [3.05, 3.63) is 105 Å². The van der Waals surface area contributed by atoms with E-state index in [0.717, 1.165) is 18.4 Å². The molecule has 0 aliphatic heterocycles. The van der Waals surface area contributed by atoms with Crippen LogP contribution in [0.1, 0.15) is 45.4 Å². The second-order valence-corrected chi connectivity index (χ2v) is 7.72. The molecular formula is C23H19Cl2NO. The van der Waals surface area contributed by atoms with Crippen molar-refractivity contribution in [3.8, 4) is 0 Å². The Labute approximate surface area is 169 Å². The van der Waals surface area contributed by atoms with Crippen molar-refractivity contribution in [2.24, 2.45) is 0 Å². The summed E-state index contributed by atoms with van der Waals surface area (Å²) in [5, 5.41) is 4.35. The molecule has 2 nitrogen and oxygen atoms in total. The zero-order chi connectivity index (χ0) is 18.8. The number of carbonyl (C=O) groups is 1. The van der Waals surface area contributed by atoms with E-state index in [1.807, 2.05) is 54.6 Å². The third-order valence-electron chi connectivity index (χ3n) is 5.14. The Balaban J connectivity index is 1.55. The van der Waals surface area contributed by atoms with E-state index >= 15 is 0 Å². The molecule has 0 bridgehead atoms. The first-order valence-electron chi connectivity index (χ1n) is 9.00. The van der Waals surface area contributed by atoms with Gasteiger partial charge in [0.25, 0.3) is 5.91 Å². The number of fused-ring (bicyclic) bond motifs is 1. The zero-order valence-corrected chi connectivity index (χ0v) is 16.2. The Hall–Kier alpha value is -2.29. The van der Waals surface area contributed by atoms with Gasteiger partial charge in [0, 0.05) is 5.56 Å². The van der Waals surface area contributed by atoms with Gasteiger partial charge < -0.3 is 5.32 Å². The van der Waals surface area contributed by atoms with Crippen molar-refractivity contribution in [3.63, 3.8) is 0 Å². The lowest BCUT2D eigenvalue weighted by atomic mass is 9.93. The summed E-state index contributed by atoms with van der Waals surface area (Å²) in [4.78, 5) is 12.6. The van der Waals surface area contributed by atoms with Gasteiger partial charge in [-0.15, -0.1) is 0 Å². The van der Waals surface area contributed by atoms with Crippen LogP contribution in [0.5, 0.6) is 0 Å². The van der Waals surface area contributed by atoms with Crippen LogP contribution in [-0.2, 0) is 6.42 Å². The molecule has 27 heavy (non-hydrogen) atoms. The molecule has 4 rings (SSSR count). The SMILES string of the molecule is O=C(N[C@@H]1C[C@@H](Cc2ccc(Cl)c(Cl)c2)c2ccccc21)c1ccccc1. The number of carbonyl (C=O) groups excluding carboxylic acids is 1. The molecule has 0 unspecified atom stereocenters. The summed E-state index contributed by atoms with van der Waals surface area (Å²) < 4.78 is 0.